The van der Waals surface area contributed by atoms with Crippen molar-refractivity contribution in [3.8, 4) is 5.75 Å². The number of aryl methyl sites for hydroxylation is 1. The summed E-state index contributed by atoms with van der Waals surface area (Å²) in [7, 11) is 1.70. The van der Waals surface area contributed by atoms with Crippen LogP contribution in [0.1, 0.15) is 28.4 Å². The second kappa shape index (κ2) is 6.69. The minimum absolute atomic E-state index is 0.217. The van der Waals surface area contributed by atoms with Gasteiger partial charge in [-0.05, 0) is 18.6 Å². The summed E-state index contributed by atoms with van der Waals surface area (Å²) in [5.41, 5.74) is 5.47. The Morgan fingerprint density at radius 2 is 2.12 bits per heavy atom. The van der Waals surface area contributed by atoms with E-state index in [9.17, 15) is 9.59 Å². The Labute approximate surface area is 139 Å². The van der Waals surface area contributed by atoms with Gasteiger partial charge < -0.3 is 19.9 Å². The highest BCUT2D eigenvalue weighted by Crippen LogP contribution is 2.21. The van der Waals surface area contributed by atoms with Gasteiger partial charge in [-0.1, -0.05) is 12.1 Å². The van der Waals surface area contributed by atoms with Gasteiger partial charge >= 0.3 is 0 Å². The third-order valence-corrected chi connectivity index (χ3v) is 3.90. The molecule has 1 aliphatic rings. The molecule has 3 rings (SSSR count). The Hall–Kier alpha value is -2.90. The number of primary amides is 1. The normalized spacial score (nSPS) is 12.7. The van der Waals surface area contributed by atoms with Crippen molar-refractivity contribution in [2.24, 2.45) is 5.73 Å². The van der Waals surface area contributed by atoms with Gasteiger partial charge in [0.25, 0.3) is 11.8 Å². The molecule has 0 bridgehead atoms. The van der Waals surface area contributed by atoms with Crippen LogP contribution in [-0.2, 0) is 24.3 Å². The summed E-state index contributed by atoms with van der Waals surface area (Å²) in [6, 6.07) is 6.77. The van der Waals surface area contributed by atoms with Crippen LogP contribution in [0.3, 0.4) is 0 Å². The van der Waals surface area contributed by atoms with Gasteiger partial charge in [0.05, 0.1) is 12.1 Å². The van der Waals surface area contributed by atoms with E-state index in [0.717, 1.165) is 31.0 Å². The molecule has 0 radical (unpaired) electrons. The Balaban J connectivity index is 1.74. The fraction of sp³-hybridized carbons (Fsp3) is 0.375. The Bertz CT molecular complexity index is 771. The minimum atomic E-state index is -0.593. The summed E-state index contributed by atoms with van der Waals surface area (Å²) < 4.78 is 7.38. The molecule has 1 aliphatic heterocycles. The van der Waals surface area contributed by atoms with Crippen molar-refractivity contribution in [1.82, 2.24) is 19.7 Å². The summed E-state index contributed by atoms with van der Waals surface area (Å²) in [5.74, 6) is 1.26. The topological polar surface area (TPSA) is 103 Å². The lowest BCUT2D eigenvalue weighted by molar-refractivity contribution is -0.119. The van der Waals surface area contributed by atoms with Gasteiger partial charge in [0.15, 0.2) is 12.4 Å². The van der Waals surface area contributed by atoms with Gasteiger partial charge in [-0.3, -0.25) is 9.59 Å². The second-order valence-corrected chi connectivity index (χ2v) is 5.70. The largest absolute Gasteiger partial charge is 0.483 e. The van der Waals surface area contributed by atoms with Gasteiger partial charge in [0.2, 0.25) is 0 Å². The lowest BCUT2D eigenvalue weighted by Crippen LogP contribution is -2.28. The lowest BCUT2D eigenvalue weighted by atomic mass is 10.1. The SMILES string of the molecule is CN(Cc1nnc2n1CCC2)C(=O)c1ccccc1OCC(N)=O. The van der Waals surface area contributed by atoms with E-state index in [0.29, 0.717) is 17.9 Å². The van der Waals surface area contributed by atoms with Gasteiger partial charge in [0.1, 0.15) is 11.6 Å². The van der Waals surface area contributed by atoms with Crippen LogP contribution in [-0.4, -0.2) is 45.1 Å². The molecule has 0 aliphatic carbocycles. The van der Waals surface area contributed by atoms with Crippen LogP contribution < -0.4 is 10.5 Å². The Morgan fingerprint density at radius 1 is 1.33 bits per heavy atom. The third kappa shape index (κ3) is 3.22. The highest BCUT2D eigenvalue weighted by atomic mass is 16.5. The molecule has 2 amide bonds. The maximum absolute atomic E-state index is 12.7. The van der Waals surface area contributed by atoms with Crippen LogP contribution in [0, 0.1) is 0 Å². The number of carbonyl (C=O) groups excluding carboxylic acids is 2. The average molecular weight is 329 g/mol. The van der Waals surface area contributed by atoms with Crippen molar-refractivity contribution < 1.29 is 14.3 Å². The van der Waals surface area contributed by atoms with Crippen LogP contribution in [0.15, 0.2) is 24.3 Å². The zero-order valence-electron chi connectivity index (χ0n) is 13.4. The first kappa shape index (κ1) is 16.0. The average Bonchev–Trinajstić information content (AvgIpc) is 3.17. The first-order valence-electron chi connectivity index (χ1n) is 7.73. The Kier molecular flexibility index (Phi) is 4.45. The molecule has 24 heavy (non-hydrogen) atoms. The molecule has 0 saturated carbocycles. The van der Waals surface area contributed by atoms with E-state index in [4.69, 9.17) is 10.5 Å². The zero-order valence-corrected chi connectivity index (χ0v) is 13.4. The molecule has 0 atom stereocenters. The fourth-order valence-electron chi connectivity index (χ4n) is 2.74. The van der Waals surface area contributed by atoms with Crippen molar-refractivity contribution >= 4 is 11.8 Å². The quantitative estimate of drug-likeness (QED) is 0.824. The predicted molar refractivity (Wildman–Crippen MR) is 85.3 cm³/mol. The van der Waals surface area contributed by atoms with E-state index in [1.807, 2.05) is 0 Å². The number of carbonyl (C=O) groups is 2. The van der Waals surface area contributed by atoms with Gasteiger partial charge in [0, 0.05) is 20.0 Å². The minimum Gasteiger partial charge on any atom is -0.483 e. The number of nitrogens with zero attached hydrogens (tertiary/aromatic N) is 4. The van der Waals surface area contributed by atoms with E-state index in [-0.39, 0.29) is 12.5 Å². The zero-order chi connectivity index (χ0) is 17.1. The van der Waals surface area contributed by atoms with Crippen LogP contribution in [0.2, 0.25) is 0 Å². The van der Waals surface area contributed by atoms with E-state index < -0.39 is 5.91 Å². The summed E-state index contributed by atoms with van der Waals surface area (Å²) in [5, 5.41) is 8.31. The number of nitrogens with two attached hydrogens (primary N) is 1. The van der Waals surface area contributed by atoms with Crippen molar-refractivity contribution in [3.63, 3.8) is 0 Å². The predicted octanol–water partition coefficient (Wildman–Crippen LogP) is 0.361. The molecular weight excluding hydrogens is 310 g/mol. The van der Waals surface area contributed by atoms with Crippen molar-refractivity contribution in [2.75, 3.05) is 13.7 Å². The van der Waals surface area contributed by atoms with Gasteiger partial charge in [-0.15, -0.1) is 10.2 Å². The molecule has 126 valence electrons. The van der Waals surface area contributed by atoms with Crippen LogP contribution >= 0.6 is 0 Å². The molecule has 2 heterocycles. The summed E-state index contributed by atoms with van der Waals surface area (Å²) >= 11 is 0. The molecule has 8 heteroatoms. The maximum atomic E-state index is 12.7. The Morgan fingerprint density at radius 3 is 2.92 bits per heavy atom. The summed E-state index contributed by atoms with van der Waals surface area (Å²) in [6.07, 6.45) is 1.98. The smallest absolute Gasteiger partial charge is 0.257 e. The molecule has 8 nitrogen and oxygen atoms in total. The van der Waals surface area contributed by atoms with Crippen LogP contribution in [0.25, 0.3) is 0 Å². The lowest BCUT2D eigenvalue weighted by Gasteiger charge is -2.18. The number of hydrogen-bond acceptors (Lipinski definition) is 5. The van der Waals surface area contributed by atoms with Gasteiger partial charge in [-0.2, -0.15) is 0 Å². The van der Waals surface area contributed by atoms with E-state index >= 15 is 0 Å². The molecule has 2 N–H and O–H groups in total. The van der Waals surface area contributed by atoms with Crippen LogP contribution in [0.5, 0.6) is 5.75 Å². The fourth-order valence-corrected chi connectivity index (χ4v) is 2.74. The van der Waals surface area contributed by atoms with E-state index in [1.165, 1.54) is 0 Å². The van der Waals surface area contributed by atoms with E-state index in [2.05, 4.69) is 14.8 Å². The highest BCUT2D eigenvalue weighted by molar-refractivity contribution is 5.96. The van der Waals surface area contributed by atoms with Crippen LogP contribution in [0.4, 0.5) is 0 Å². The number of fused-ring (bicyclic) bond motifs is 1. The first-order valence-corrected chi connectivity index (χ1v) is 7.73. The highest BCUT2D eigenvalue weighted by Gasteiger charge is 2.22. The first-order chi connectivity index (χ1) is 11.6. The summed E-state index contributed by atoms with van der Waals surface area (Å²) in [4.78, 5) is 25.2. The number of hydrogen-bond donors (Lipinski definition) is 1. The number of aromatic nitrogens is 3. The number of para-hydroxylation sites is 1. The summed E-state index contributed by atoms with van der Waals surface area (Å²) in [6.45, 7) is 0.972. The number of amides is 2. The number of ether oxygens (including phenoxy) is 1. The van der Waals surface area contributed by atoms with Gasteiger partial charge in [-0.25, -0.2) is 0 Å². The van der Waals surface area contributed by atoms with Crippen molar-refractivity contribution in [2.45, 2.75) is 25.9 Å². The van der Waals surface area contributed by atoms with Crippen molar-refractivity contribution in [3.05, 3.63) is 41.5 Å². The molecular formula is C16H19N5O3. The molecule has 0 saturated heterocycles. The molecule has 1 aromatic carbocycles. The number of rotatable bonds is 6. The monoisotopic (exact) mass is 329 g/mol. The molecule has 1 aromatic heterocycles. The number of benzene rings is 1. The standard InChI is InChI=1S/C16H19N5O3/c1-20(9-15-19-18-14-7-4-8-21(14)15)16(23)11-5-2-3-6-12(11)24-10-13(17)22/h2-3,5-6H,4,7-10H2,1H3,(H2,17,22). The molecule has 0 unspecified atom stereocenters. The molecule has 2 aromatic rings. The second-order valence-electron chi connectivity index (χ2n) is 5.70. The molecule has 0 fully saturated rings. The van der Waals surface area contributed by atoms with E-state index in [1.54, 1.807) is 36.2 Å². The third-order valence-electron chi connectivity index (χ3n) is 3.90. The molecule has 0 spiro atoms. The van der Waals surface area contributed by atoms with Crippen molar-refractivity contribution in [1.29, 1.82) is 0 Å². The maximum Gasteiger partial charge on any atom is 0.257 e.